The standard InChI is InChI=1S/C33H48N4O6/c1-32(2,3)42-27-15-13-25(14-16-27)23-28(29(38)35(7)24-26-11-9-8-10-12-26)34-30(39)41-22-21-36-17-19-37(20-18-36)31(40)43-33(4,5)6/h8-16,28H,17-24H2,1-7H3,(H,34,39)/t28-/m0/s1. The lowest BCUT2D eigenvalue weighted by atomic mass is 10.0. The van der Waals surface area contributed by atoms with E-state index < -0.39 is 17.7 Å². The van der Waals surface area contributed by atoms with Crippen LogP contribution in [0.1, 0.15) is 52.7 Å². The first-order chi connectivity index (χ1) is 20.2. The van der Waals surface area contributed by atoms with Gasteiger partial charge in [-0.1, -0.05) is 42.5 Å². The lowest BCUT2D eigenvalue weighted by Gasteiger charge is -2.35. The molecule has 10 nitrogen and oxygen atoms in total. The Bertz CT molecular complexity index is 1180. The maximum absolute atomic E-state index is 13.5. The molecular formula is C33H48N4O6. The van der Waals surface area contributed by atoms with Gasteiger partial charge in [-0.3, -0.25) is 9.69 Å². The van der Waals surface area contributed by atoms with Gasteiger partial charge in [0, 0.05) is 52.7 Å². The average Bonchev–Trinajstić information content (AvgIpc) is 2.92. The van der Waals surface area contributed by atoms with Gasteiger partial charge in [0.2, 0.25) is 5.91 Å². The van der Waals surface area contributed by atoms with Gasteiger partial charge in [0.05, 0.1) is 0 Å². The van der Waals surface area contributed by atoms with Gasteiger partial charge >= 0.3 is 12.2 Å². The molecule has 3 rings (SSSR count). The van der Waals surface area contributed by atoms with Gasteiger partial charge in [0.25, 0.3) is 0 Å². The topological polar surface area (TPSA) is 101 Å². The number of amides is 3. The lowest BCUT2D eigenvalue weighted by molar-refractivity contribution is -0.132. The second-order valence-corrected chi connectivity index (χ2v) is 12.9. The third kappa shape index (κ3) is 12.2. The van der Waals surface area contributed by atoms with E-state index in [4.69, 9.17) is 14.2 Å². The number of hydrogen-bond donors (Lipinski definition) is 1. The molecule has 0 aromatic heterocycles. The molecule has 1 heterocycles. The molecule has 1 N–H and O–H groups in total. The molecule has 3 amide bonds. The summed E-state index contributed by atoms with van der Waals surface area (Å²) in [7, 11) is 1.73. The number of nitrogens with one attached hydrogen (secondary N) is 1. The van der Waals surface area contributed by atoms with Crippen molar-refractivity contribution in [2.24, 2.45) is 0 Å². The Balaban J connectivity index is 1.55. The summed E-state index contributed by atoms with van der Waals surface area (Å²) in [6.07, 6.45) is -0.659. The third-order valence-corrected chi connectivity index (χ3v) is 6.68. The molecular weight excluding hydrogens is 548 g/mol. The van der Waals surface area contributed by atoms with E-state index in [2.05, 4.69) is 10.2 Å². The molecule has 2 aromatic carbocycles. The lowest BCUT2D eigenvalue weighted by Crippen LogP contribution is -2.51. The predicted octanol–water partition coefficient (Wildman–Crippen LogP) is 4.71. The van der Waals surface area contributed by atoms with Crippen LogP contribution in [0.4, 0.5) is 9.59 Å². The molecule has 0 saturated carbocycles. The molecule has 43 heavy (non-hydrogen) atoms. The summed E-state index contributed by atoms with van der Waals surface area (Å²) >= 11 is 0. The molecule has 1 aliphatic rings. The van der Waals surface area contributed by atoms with Crippen LogP contribution in [0.15, 0.2) is 54.6 Å². The summed E-state index contributed by atoms with van der Waals surface area (Å²) in [6.45, 7) is 15.0. The van der Waals surface area contributed by atoms with Gasteiger partial charge in [-0.05, 0) is 64.8 Å². The number of ether oxygens (including phenoxy) is 3. The van der Waals surface area contributed by atoms with E-state index in [0.717, 1.165) is 16.9 Å². The number of rotatable bonds is 10. The SMILES string of the molecule is CN(Cc1ccccc1)C(=O)[C@H](Cc1ccc(OC(C)(C)C)cc1)NC(=O)OCCN1CCN(C(=O)OC(C)(C)C)CC1. The normalized spacial score (nSPS) is 14.9. The van der Waals surface area contributed by atoms with Crippen LogP contribution < -0.4 is 10.1 Å². The molecule has 2 aromatic rings. The van der Waals surface area contributed by atoms with Gasteiger partial charge < -0.3 is 29.3 Å². The molecule has 0 spiro atoms. The number of nitrogens with zero attached hydrogens (tertiary/aromatic N) is 3. The maximum atomic E-state index is 13.5. The first kappa shape index (κ1) is 33.7. The smallest absolute Gasteiger partial charge is 0.410 e. The number of piperazine rings is 1. The first-order valence-corrected chi connectivity index (χ1v) is 14.9. The van der Waals surface area contributed by atoms with Gasteiger partial charge in [0.15, 0.2) is 0 Å². The predicted molar refractivity (Wildman–Crippen MR) is 166 cm³/mol. The van der Waals surface area contributed by atoms with Crippen molar-refractivity contribution in [2.45, 2.75) is 71.8 Å². The second-order valence-electron chi connectivity index (χ2n) is 12.9. The van der Waals surface area contributed by atoms with E-state index in [1.807, 2.05) is 96.1 Å². The molecule has 0 bridgehead atoms. The van der Waals surface area contributed by atoms with E-state index in [1.165, 1.54) is 0 Å². The zero-order valence-electron chi connectivity index (χ0n) is 26.7. The highest BCUT2D eigenvalue weighted by Gasteiger charge is 2.27. The quantitative estimate of drug-likeness (QED) is 0.424. The molecule has 1 aliphatic heterocycles. The van der Waals surface area contributed by atoms with Crippen LogP contribution in [-0.2, 0) is 27.2 Å². The zero-order chi connectivity index (χ0) is 31.6. The van der Waals surface area contributed by atoms with Crippen molar-refractivity contribution in [3.63, 3.8) is 0 Å². The van der Waals surface area contributed by atoms with E-state index in [0.29, 0.717) is 45.7 Å². The van der Waals surface area contributed by atoms with Crippen LogP contribution in [0.2, 0.25) is 0 Å². The fourth-order valence-corrected chi connectivity index (χ4v) is 4.62. The molecule has 1 saturated heterocycles. The molecule has 0 aliphatic carbocycles. The number of likely N-dealkylation sites (N-methyl/N-ethyl adjacent to an activating group) is 1. The van der Waals surface area contributed by atoms with Crippen LogP contribution in [0, 0.1) is 0 Å². The van der Waals surface area contributed by atoms with Crippen molar-refractivity contribution in [1.82, 2.24) is 20.0 Å². The Kier molecular flexibility index (Phi) is 11.8. The summed E-state index contributed by atoms with van der Waals surface area (Å²) in [5.41, 5.74) is 1.03. The van der Waals surface area contributed by atoms with Gasteiger partial charge in [-0.2, -0.15) is 0 Å². The minimum absolute atomic E-state index is 0.165. The minimum Gasteiger partial charge on any atom is -0.488 e. The highest BCUT2D eigenvalue weighted by Crippen LogP contribution is 2.20. The van der Waals surface area contributed by atoms with Gasteiger partial charge in [0.1, 0.15) is 29.6 Å². The highest BCUT2D eigenvalue weighted by atomic mass is 16.6. The molecule has 236 valence electrons. The van der Waals surface area contributed by atoms with Crippen molar-refractivity contribution >= 4 is 18.1 Å². The summed E-state index contributed by atoms with van der Waals surface area (Å²) < 4.78 is 16.9. The molecule has 1 atom stereocenters. The number of carbonyl (C=O) groups is 3. The largest absolute Gasteiger partial charge is 0.488 e. The first-order valence-electron chi connectivity index (χ1n) is 14.9. The van der Waals surface area contributed by atoms with Crippen LogP contribution in [0.5, 0.6) is 5.75 Å². The number of benzene rings is 2. The van der Waals surface area contributed by atoms with Crippen LogP contribution in [0.25, 0.3) is 0 Å². The van der Waals surface area contributed by atoms with E-state index in [1.54, 1.807) is 16.8 Å². The van der Waals surface area contributed by atoms with E-state index in [-0.39, 0.29) is 24.2 Å². The molecule has 1 fully saturated rings. The Morgan fingerprint density at radius 2 is 1.49 bits per heavy atom. The average molecular weight is 597 g/mol. The summed E-state index contributed by atoms with van der Waals surface area (Å²) in [5, 5.41) is 2.79. The van der Waals surface area contributed by atoms with Gasteiger partial charge in [-0.25, -0.2) is 9.59 Å². The Hall–Kier alpha value is -3.79. The van der Waals surface area contributed by atoms with Crippen molar-refractivity contribution in [3.05, 3.63) is 65.7 Å². The Morgan fingerprint density at radius 3 is 2.07 bits per heavy atom. The Labute approximate surface area is 256 Å². The fourth-order valence-electron chi connectivity index (χ4n) is 4.62. The third-order valence-electron chi connectivity index (χ3n) is 6.68. The van der Waals surface area contributed by atoms with Crippen LogP contribution in [0.3, 0.4) is 0 Å². The summed E-state index contributed by atoms with van der Waals surface area (Å²) in [5.74, 6) is 0.522. The zero-order valence-corrected chi connectivity index (χ0v) is 26.7. The van der Waals surface area contributed by atoms with Gasteiger partial charge in [-0.15, -0.1) is 0 Å². The number of alkyl carbamates (subject to hydrolysis) is 1. The summed E-state index contributed by atoms with van der Waals surface area (Å²) in [4.78, 5) is 44.1. The molecule has 0 unspecified atom stereocenters. The van der Waals surface area contributed by atoms with E-state index in [9.17, 15) is 14.4 Å². The monoisotopic (exact) mass is 596 g/mol. The highest BCUT2D eigenvalue weighted by molar-refractivity contribution is 5.85. The minimum atomic E-state index is -0.812. The summed E-state index contributed by atoms with van der Waals surface area (Å²) in [6, 6.07) is 16.5. The van der Waals surface area contributed by atoms with E-state index >= 15 is 0 Å². The number of hydrogen-bond acceptors (Lipinski definition) is 7. The van der Waals surface area contributed by atoms with Crippen LogP contribution >= 0.6 is 0 Å². The Morgan fingerprint density at radius 1 is 0.860 bits per heavy atom. The van der Waals surface area contributed by atoms with Crippen molar-refractivity contribution < 1.29 is 28.6 Å². The van der Waals surface area contributed by atoms with Crippen molar-refractivity contribution in [1.29, 1.82) is 0 Å². The molecule has 0 radical (unpaired) electrons. The second kappa shape index (κ2) is 15.1. The van der Waals surface area contributed by atoms with Crippen LogP contribution in [-0.4, -0.2) is 96.4 Å². The number of carbonyl (C=O) groups excluding carboxylic acids is 3. The maximum Gasteiger partial charge on any atom is 0.410 e. The van der Waals surface area contributed by atoms with Crippen molar-refractivity contribution in [3.8, 4) is 5.75 Å². The molecule has 10 heteroatoms. The van der Waals surface area contributed by atoms with Crippen molar-refractivity contribution in [2.75, 3.05) is 46.4 Å². The fraction of sp³-hybridized carbons (Fsp3) is 0.545.